The van der Waals surface area contributed by atoms with Crippen LogP contribution in [-0.4, -0.2) is 39.9 Å². The molecule has 0 unspecified atom stereocenters. The second kappa shape index (κ2) is 9.03. The maximum atomic E-state index is 12.1. The number of thioether (sulfide) groups is 1. The van der Waals surface area contributed by atoms with E-state index in [4.69, 9.17) is 0 Å². The molecule has 2 aromatic rings. The van der Waals surface area contributed by atoms with Crippen molar-refractivity contribution in [1.29, 1.82) is 0 Å². The van der Waals surface area contributed by atoms with Gasteiger partial charge in [-0.1, -0.05) is 44.2 Å². The highest BCUT2D eigenvalue weighted by molar-refractivity contribution is 7.98. The van der Waals surface area contributed by atoms with Crippen LogP contribution in [0.5, 0.6) is 0 Å². The Labute approximate surface area is 159 Å². The van der Waals surface area contributed by atoms with Gasteiger partial charge in [0.15, 0.2) is 0 Å². The topological polar surface area (TPSA) is 58.1 Å². The molecule has 1 fully saturated rings. The normalized spacial score (nSPS) is 15.3. The summed E-state index contributed by atoms with van der Waals surface area (Å²) in [4.78, 5) is 23.0. The number of amides is 1. The van der Waals surface area contributed by atoms with Crippen LogP contribution in [0.4, 0.5) is 5.82 Å². The molecule has 138 valence electrons. The van der Waals surface area contributed by atoms with Gasteiger partial charge in [-0.3, -0.25) is 9.78 Å². The summed E-state index contributed by atoms with van der Waals surface area (Å²) in [6.45, 7) is 5.54. The molecule has 1 aromatic carbocycles. The summed E-state index contributed by atoms with van der Waals surface area (Å²) in [6, 6.07) is 10.7. The van der Waals surface area contributed by atoms with Crippen molar-refractivity contribution in [3.63, 3.8) is 0 Å². The van der Waals surface area contributed by atoms with E-state index in [2.05, 4.69) is 39.6 Å². The minimum absolute atomic E-state index is 0.0729. The van der Waals surface area contributed by atoms with E-state index in [1.54, 1.807) is 18.0 Å². The van der Waals surface area contributed by atoms with Crippen LogP contribution in [0, 0.1) is 5.92 Å². The fourth-order valence-corrected chi connectivity index (χ4v) is 3.84. The number of anilines is 1. The number of likely N-dealkylation sites (tertiary alicyclic amines) is 1. The zero-order valence-corrected chi connectivity index (χ0v) is 16.2. The molecule has 0 radical (unpaired) electrons. The number of aromatic nitrogens is 2. The first-order valence-corrected chi connectivity index (χ1v) is 10.1. The van der Waals surface area contributed by atoms with Crippen molar-refractivity contribution in [3.8, 4) is 0 Å². The predicted octanol–water partition coefficient (Wildman–Crippen LogP) is 3.83. The number of nitrogens with one attached hydrogen (secondary N) is 1. The molecule has 0 bridgehead atoms. The highest BCUT2D eigenvalue weighted by Crippen LogP contribution is 2.22. The number of carbonyl (C=O) groups excluding carboxylic acids is 1. The van der Waals surface area contributed by atoms with Crippen molar-refractivity contribution >= 4 is 23.5 Å². The predicted molar refractivity (Wildman–Crippen MR) is 106 cm³/mol. The van der Waals surface area contributed by atoms with Crippen molar-refractivity contribution in [1.82, 2.24) is 14.9 Å². The monoisotopic (exact) mass is 370 g/mol. The summed E-state index contributed by atoms with van der Waals surface area (Å²) in [5, 5.41) is 4.41. The third-order valence-corrected chi connectivity index (χ3v) is 5.46. The zero-order valence-electron chi connectivity index (χ0n) is 15.4. The molecule has 1 N–H and O–H groups in total. The third kappa shape index (κ3) is 5.21. The average molecular weight is 371 g/mol. The van der Waals surface area contributed by atoms with Gasteiger partial charge in [0.1, 0.15) is 10.8 Å². The highest BCUT2D eigenvalue weighted by Gasteiger charge is 2.24. The summed E-state index contributed by atoms with van der Waals surface area (Å²) >= 11 is 1.69. The minimum atomic E-state index is 0.0729. The first-order chi connectivity index (χ1) is 12.6. The molecule has 2 heterocycles. The molecule has 1 aliphatic heterocycles. The number of piperidine rings is 1. The van der Waals surface area contributed by atoms with Crippen molar-refractivity contribution in [2.45, 2.75) is 43.5 Å². The fraction of sp³-hybridized carbons (Fsp3) is 0.450. The van der Waals surface area contributed by atoms with Gasteiger partial charge in [-0.05, 0) is 18.4 Å². The highest BCUT2D eigenvalue weighted by atomic mass is 32.2. The van der Waals surface area contributed by atoms with Gasteiger partial charge in [0.05, 0.1) is 12.4 Å². The Morgan fingerprint density at radius 2 is 1.96 bits per heavy atom. The molecule has 26 heavy (non-hydrogen) atoms. The van der Waals surface area contributed by atoms with Gasteiger partial charge in [0.2, 0.25) is 5.91 Å². The number of rotatable bonds is 6. The Morgan fingerprint density at radius 3 is 2.65 bits per heavy atom. The molecule has 0 spiro atoms. The molecule has 0 saturated carbocycles. The van der Waals surface area contributed by atoms with E-state index in [1.807, 2.05) is 31.0 Å². The molecule has 1 aromatic heterocycles. The van der Waals surface area contributed by atoms with E-state index in [-0.39, 0.29) is 11.8 Å². The number of hydrogen-bond acceptors (Lipinski definition) is 5. The van der Waals surface area contributed by atoms with E-state index in [0.29, 0.717) is 6.04 Å². The van der Waals surface area contributed by atoms with Crippen LogP contribution in [0.15, 0.2) is 47.8 Å². The second-order valence-corrected chi connectivity index (χ2v) is 7.91. The van der Waals surface area contributed by atoms with Gasteiger partial charge in [-0.2, -0.15) is 0 Å². The summed E-state index contributed by atoms with van der Waals surface area (Å²) in [6.07, 6.45) is 5.48. The first kappa shape index (κ1) is 18.7. The summed E-state index contributed by atoms with van der Waals surface area (Å²) in [5.41, 5.74) is 1.28. The molecule has 3 rings (SSSR count). The van der Waals surface area contributed by atoms with Gasteiger partial charge in [0.25, 0.3) is 0 Å². The van der Waals surface area contributed by atoms with Crippen LogP contribution in [0.2, 0.25) is 0 Å². The van der Waals surface area contributed by atoms with E-state index >= 15 is 0 Å². The molecular formula is C20H26N4OS. The number of hydrogen-bond donors (Lipinski definition) is 1. The lowest BCUT2D eigenvalue weighted by Crippen LogP contribution is -2.44. The van der Waals surface area contributed by atoms with E-state index in [1.165, 1.54) is 5.56 Å². The first-order valence-electron chi connectivity index (χ1n) is 9.16. The second-order valence-electron chi connectivity index (χ2n) is 6.92. The average Bonchev–Trinajstić information content (AvgIpc) is 2.67. The van der Waals surface area contributed by atoms with Crippen molar-refractivity contribution < 1.29 is 4.79 Å². The Bertz CT molecular complexity index is 715. The summed E-state index contributed by atoms with van der Waals surface area (Å²) < 4.78 is 0. The Balaban J connectivity index is 1.50. The van der Waals surface area contributed by atoms with Crippen molar-refractivity contribution in [2.75, 3.05) is 18.4 Å². The van der Waals surface area contributed by atoms with Crippen molar-refractivity contribution in [3.05, 3.63) is 48.3 Å². The number of carbonyl (C=O) groups is 1. The lowest BCUT2D eigenvalue weighted by Gasteiger charge is -2.33. The summed E-state index contributed by atoms with van der Waals surface area (Å²) in [7, 11) is 0. The Hall–Kier alpha value is -2.08. The van der Waals surface area contributed by atoms with Gasteiger partial charge in [-0.15, -0.1) is 11.8 Å². The zero-order chi connectivity index (χ0) is 18.4. The molecule has 1 amide bonds. The minimum Gasteiger partial charge on any atom is -0.366 e. The van der Waals surface area contributed by atoms with Gasteiger partial charge < -0.3 is 10.2 Å². The van der Waals surface area contributed by atoms with Gasteiger partial charge >= 0.3 is 0 Å². The molecule has 0 aliphatic carbocycles. The molecule has 1 saturated heterocycles. The third-order valence-electron chi connectivity index (χ3n) is 4.49. The SMILES string of the molecule is CC(C)C(=O)N1CCC(Nc2cncc(SCc3ccccc3)n2)CC1. The van der Waals surface area contributed by atoms with Crippen LogP contribution in [0.25, 0.3) is 0 Å². The van der Waals surface area contributed by atoms with E-state index < -0.39 is 0 Å². The standard InChI is InChI=1S/C20H26N4OS/c1-15(2)20(25)24-10-8-17(9-11-24)22-18-12-21-13-19(23-18)26-14-16-6-4-3-5-7-16/h3-7,12-13,15,17H,8-11,14H2,1-2H3,(H,22,23). The van der Waals surface area contributed by atoms with Crippen LogP contribution in [-0.2, 0) is 10.5 Å². The Kier molecular flexibility index (Phi) is 6.50. The largest absolute Gasteiger partial charge is 0.366 e. The quantitative estimate of drug-likeness (QED) is 0.783. The maximum absolute atomic E-state index is 12.1. The molecule has 0 atom stereocenters. The van der Waals surface area contributed by atoms with Crippen LogP contribution >= 0.6 is 11.8 Å². The maximum Gasteiger partial charge on any atom is 0.225 e. The van der Waals surface area contributed by atoms with Gasteiger partial charge in [-0.25, -0.2) is 4.98 Å². The molecule has 1 aliphatic rings. The van der Waals surface area contributed by atoms with Crippen LogP contribution in [0.1, 0.15) is 32.3 Å². The van der Waals surface area contributed by atoms with Crippen LogP contribution in [0.3, 0.4) is 0 Å². The van der Waals surface area contributed by atoms with E-state index in [0.717, 1.165) is 42.5 Å². The van der Waals surface area contributed by atoms with Crippen molar-refractivity contribution in [2.24, 2.45) is 5.92 Å². The summed E-state index contributed by atoms with van der Waals surface area (Å²) in [5.74, 6) is 2.03. The number of nitrogens with zero attached hydrogens (tertiary/aromatic N) is 3. The fourth-order valence-electron chi connectivity index (χ4n) is 3.04. The van der Waals surface area contributed by atoms with Gasteiger partial charge in [0, 0.05) is 30.8 Å². The smallest absolute Gasteiger partial charge is 0.225 e. The molecule has 5 nitrogen and oxygen atoms in total. The Morgan fingerprint density at radius 1 is 1.23 bits per heavy atom. The lowest BCUT2D eigenvalue weighted by atomic mass is 10.0. The lowest BCUT2D eigenvalue weighted by molar-refractivity contribution is -0.135. The molecule has 6 heteroatoms. The van der Waals surface area contributed by atoms with E-state index in [9.17, 15) is 4.79 Å². The molecular weight excluding hydrogens is 344 g/mol. The number of benzene rings is 1. The van der Waals surface area contributed by atoms with Crippen LogP contribution < -0.4 is 5.32 Å².